The molecular formula is C37H47NO8. The molecule has 3 aromatic carbocycles. The zero-order valence-corrected chi connectivity index (χ0v) is 27.8. The van der Waals surface area contributed by atoms with Gasteiger partial charge in [-0.2, -0.15) is 0 Å². The van der Waals surface area contributed by atoms with Gasteiger partial charge >= 0.3 is 6.09 Å². The van der Waals surface area contributed by atoms with Crippen LogP contribution in [0.25, 0.3) is 10.8 Å². The molecule has 3 aromatic rings. The minimum atomic E-state index is -0.670. The van der Waals surface area contributed by atoms with Crippen molar-refractivity contribution in [3.05, 3.63) is 84.4 Å². The summed E-state index contributed by atoms with van der Waals surface area (Å²) in [4.78, 5) is 15.1. The second kappa shape index (κ2) is 14.4. The van der Waals surface area contributed by atoms with Crippen LogP contribution < -0.4 is 9.47 Å². The molecule has 2 fully saturated rings. The van der Waals surface area contributed by atoms with Gasteiger partial charge in [0.2, 0.25) is 0 Å². The van der Waals surface area contributed by atoms with Crippen LogP contribution in [0.4, 0.5) is 4.79 Å². The van der Waals surface area contributed by atoms with E-state index in [9.17, 15) is 4.79 Å². The van der Waals surface area contributed by atoms with E-state index >= 15 is 0 Å². The smallest absolute Gasteiger partial charge is 0.410 e. The number of carbonyl (C=O) groups is 1. The number of piperidine rings is 1. The molecule has 1 amide bonds. The fourth-order valence-corrected chi connectivity index (χ4v) is 6.00. The topological polar surface area (TPSA) is 84.9 Å². The summed E-state index contributed by atoms with van der Waals surface area (Å²) in [7, 11) is 1.67. The van der Waals surface area contributed by atoms with Crippen LogP contribution in [0.1, 0.15) is 51.7 Å². The molecule has 0 unspecified atom stereocenters. The third-order valence-corrected chi connectivity index (χ3v) is 8.02. The highest BCUT2D eigenvalue weighted by atomic mass is 16.7. The Bertz CT molecular complexity index is 1480. The number of ether oxygens (including phenoxy) is 7. The van der Waals surface area contributed by atoms with Crippen molar-refractivity contribution in [2.24, 2.45) is 0 Å². The lowest BCUT2D eigenvalue weighted by molar-refractivity contribution is -0.154. The van der Waals surface area contributed by atoms with E-state index in [-0.39, 0.29) is 12.0 Å². The fraction of sp³-hybridized carbons (Fsp3) is 0.486. The first-order valence-electron chi connectivity index (χ1n) is 15.9. The number of carbonyl (C=O) groups excluding carboxylic acids is 1. The second-order valence-electron chi connectivity index (χ2n) is 13.3. The van der Waals surface area contributed by atoms with Gasteiger partial charge in [-0.15, -0.1) is 0 Å². The lowest BCUT2D eigenvalue weighted by atomic mass is 9.84. The number of rotatable bonds is 11. The molecule has 4 atom stereocenters. The number of likely N-dealkylation sites (tertiary alicyclic amines) is 1. The molecule has 0 radical (unpaired) electrons. The van der Waals surface area contributed by atoms with E-state index in [1.54, 1.807) is 18.1 Å². The maximum absolute atomic E-state index is 13.4. The molecule has 0 spiro atoms. The highest BCUT2D eigenvalue weighted by Crippen LogP contribution is 2.36. The van der Waals surface area contributed by atoms with Crippen molar-refractivity contribution in [3.63, 3.8) is 0 Å². The zero-order chi connectivity index (χ0) is 32.9. The second-order valence-corrected chi connectivity index (χ2v) is 13.3. The Hall–Kier alpha value is -3.63. The number of amides is 1. The van der Waals surface area contributed by atoms with Gasteiger partial charge in [-0.25, -0.2) is 4.79 Å². The number of hydrogen-bond donors (Lipinski definition) is 0. The molecule has 2 saturated heterocycles. The summed E-state index contributed by atoms with van der Waals surface area (Å²) < 4.78 is 42.4. The van der Waals surface area contributed by atoms with Crippen molar-refractivity contribution in [3.8, 4) is 11.5 Å². The standard InChI is InChI=1S/C37H47NO8/c1-8-17-41-28-15-13-26(14-16-28)34-32(42-22-25-18-27-11-9-10-12-30(27)31(19-25)40-7)20-38(35(39)46-36(2,3)4)21-33(34)43-23-29-24-44-37(5,6)45-29/h8-16,18-19,29,32-34H,1,17,20-24H2,2-7H3/t29-,32-,33-,34+/m0/s1. The molecular weight excluding hydrogens is 586 g/mol. The summed E-state index contributed by atoms with van der Waals surface area (Å²) in [5.41, 5.74) is 1.34. The molecule has 0 aliphatic carbocycles. The molecule has 9 heteroatoms. The van der Waals surface area contributed by atoms with Crippen LogP contribution in [0.5, 0.6) is 11.5 Å². The molecule has 2 aliphatic rings. The molecule has 0 N–H and O–H groups in total. The van der Waals surface area contributed by atoms with Gasteiger partial charge in [0.1, 0.15) is 29.8 Å². The quantitative estimate of drug-likeness (QED) is 0.212. The minimum absolute atomic E-state index is 0.204. The zero-order valence-electron chi connectivity index (χ0n) is 27.8. The lowest BCUT2D eigenvalue weighted by Gasteiger charge is -2.44. The largest absolute Gasteiger partial charge is 0.496 e. The van der Waals surface area contributed by atoms with Gasteiger partial charge in [0, 0.05) is 11.3 Å². The molecule has 248 valence electrons. The molecule has 46 heavy (non-hydrogen) atoms. The Kier molecular flexibility index (Phi) is 10.6. The van der Waals surface area contributed by atoms with E-state index in [0.717, 1.165) is 33.4 Å². The van der Waals surface area contributed by atoms with Gasteiger partial charge in [-0.05, 0) is 75.4 Å². The number of methoxy groups -OCH3 is 1. The number of hydrogen-bond acceptors (Lipinski definition) is 8. The summed E-state index contributed by atoms with van der Waals surface area (Å²) in [6.07, 6.45) is 0.249. The Morgan fingerprint density at radius 1 is 1.04 bits per heavy atom. The molecule has 2 aliphatic heterocycles. The van der Waals surface area contributed by atoms with Gasteiger partial charge in [-0.1, -0.05) is 49.1 Å². The highest BCUT2D eigenvalue weighted by molar-refractivity contribution is 5.89. The maximum Gasteiger partial charge on any atom is 0.410 e. The lowest BCUT2D eigenvalue weighted by Crippen LogP contribution is -2.55. The van der Waals surface area contributed by atoms with Gasteiger partial charge in [0.25, 0.3) is 0 Å². The predicted octanol–water partition coefficient (Wildman–Crippen LogP) is 6.87. The summed E-state index contributed by atoms with van der Waals surface area (Å²) in [6.45, 7) is 15.2. The van der Waals surface area contributed by atoms with Crippen molar-refractivity contribution in [2.45, 2.75) is 76.8 Å². The molecule has 2 heterocycles. The number of nitrogens with zero attached hydrogens (tertiary/aromatic N) is 1. The van der Waals surface area contributed by atoms with Gasteiger partial charge in [0.15, 0.2) is 5.79 Å². The third-order valence-electron chi connectivity index (χ3n) is 8.02. The van der Waals surface area contributed by atoms with Crippen molar-refractivity contribution in [2.75, 3.05) is 40.0 Å². The molecule has 0 saturated carbocycles. The average molecular weight is 634 g/mol. The fourth-order valence-electron chi connectivity index (χ4n) is 6.00. The molecule has 0 bridgehead atoms. The van der Waals surface area contributed by atoms with Crippen LogP contribution in [-0.2, 0) is 30.3 Å². The Morgan fingerprint density at radius 3 is 2.41 bits per heavy atom. The molecule has 0 aromatic heterocycles. The monoisotopic (exact) mass is 633 g/mol. The summed E-state index contributed by atoms with van der Waals surface area (Å²) in [5, 5.41) is 2.10. The van der Waals surface area contributed by atoms with Crippen LogP contribution in [0.3, 0.4) is 0 Å². The first-order chi connectivity index (χ1) is 21.9. The first-order valence-corrected chi connectivity index (χ1v) is 15.9. The Morgan fingerprint density at radius 2 is 1.76 bits per heavy atom. The van der Waals surface area contributed by atoms with Crippen molar-refractivity contribution in [1.82, 2.24) is 4.90 Å². The normalized spacial score (nSPS) is 22.9. The highest BCUT2D eigenvalue weighted by Gasteiger charge is 2.43. The first kappa shape index (κ1) is 33.7. The van der Waals surface area contributed by atoms with E-state index in [2.05, 4.69) is 18.7 Å². The molecule has 5 rings (SSSR count). The van der Waals surface area contributed by atoms with Crippen LogP contribution in [0.2, 0.25) is 0 Å². The Labute approximate surface area is 272 Å². The van der Waals surface area contributed by atoms with Crippen molar-refractivity contribution >= 4 is 16.9 Å². The van der Waals surface area contributed by atoms with Crippen molar-refractivity contribution in [1.29, 1.82) is 0 Å². The van der Waals surface area contributed by atoms with E-state index in [4.69, 9.17) is 33.2 Å². The number of fused-ring (bicyclic) bond motifs is 1. The summed E-state index contributed by atoms with van der Waals surface area (Å²) >= 11 is 0. The van der Waals surface area contributed by atoms with Crippen LogP contribution in [0.15, 0.2) is 73.3 Å². The molecule has 9 nitrogen and oxygen atoms in total. The van der Waals surface area contributed by atoms with E-state index < -0.39 is 29.7 Å². The van der Waals surface area contributed by atoms with Crippen molar-refractivity contribution < 1.29 is 38.0 Å². The van der Waals surface area contributed by atoms with Crippen LogP contribution in [0, 0.1) is 0 Å². The average Bonchev–Trinajstić information content (AvgIpc) is 3.38. The van der Waals surface area contributed by atoms with Crippen LogP contribution >= 0.6 is 0 Å². The summed E-state index contributed by atoms with van der Waals surface area (Å²) in [5.74, 6) is 0.651. The van der Waals surface area contributed by atoms with E-state index in [1.807, 2.05) is 83.1 Å². The van der Waals surface area contributed by atoms with Gasteiger partial charge < -0.3 is 38.1 Å². The Balaban J connectivity index is 1.45. The third kappa shape index (κ3) is 8.59. The van der Waals surface area contributed by atoms with Gasteiger partial charge in [0.05, 0.1) is 52.2 Å². The maximum atomic E-state index is 13.4. The van der Waals surface area contributed by atoms with Gasteiger partial charge in [-0.3, -0.25) is 0 Å². The minimum Gasteiger partial charge on any atom is -0.496 e. The van der Waals surface area contributed by atoms with Crippen LogP contribution in [-0.4, -0.2) is 80.7 Å². The van der Waals surface area contributed by atoms with E-state index in [1.165, 1.54) is 0 Å². The SMILES string of the molecule is C=CCOc1ccc([C@@H]2[C@@H](OCc3cc(OC)c4ccccc4c3)CN(C(=O)OC(C)(C)C)C[C@@H]2OC[C@H]2COC(C)(C)O2)cc1. The predicted molar refractivity (Wildman–Crippen MR) is 176 cm³/mol. The number of benzene rings is 3. The van der Waals surface area contributed by atoms with E-state index in [0.29, 0.717) is 39.5 Å². The summed E-state index contributed by atoms with van der Waals surface area (Å²) in [6, 6.07) is 20.2.